The third-order valence-electron chi connectivity index (χ3n) is 6.99. The monoisotopic (exact) mass is 555 g/mol. The van der Waals surface area contributed by atoms with Crippen LogP contribution >= 0.6 is 11.8 Å². The molecule has 0 heterocycles. The summed E-state index contributed by atoms with van der Waals surface area (Å²) in [4.78, 5) is 2.24. The van der Waals surface area contributed by atoms with Gasteiger partial charge in [-0.3, -0.25) is 0 Å². The number of halogens is 5. The molecule has 0 amide bonds. The molecule has 1 aliphatic carbocycles. The van der Waals surface area contributed by atoms with Gasteiger partial charge < -0.3 is 10.0 Å². The Morgan fingerprint density at radius 1 is 0.868 bits per heavy atom. The number of fused-ring (bicyclic) bond motifs is 1. The van der Waals surface area contributed by atoms with Gasteiger partial charge in [-0.2, -0.15) is 24.9 Å². The van der Waals surface area contributed by atoms with E-state index in [1.165, 1.54) is 23.9 Å². The fourth-order valence-corrected chi connectivity index (χ4v) is 5.93. The van der Waals surface area contributed by atoms with E-state index in [0.29, 0.717) is 0 Å². The molecule has 1 aliphatic rings. The fraction of sp³-hybridized carbons (Fsp3) is 0.533. The van der Waals surface area contributed by atoms with Crippen LogP contribution in [0.4, 0.5) is 22.0 Å². The average molecular weight is 556 g/mol. The third-order valence-corrected chi connectivity index (χ3v) is 8.06. The Morgan fingerprint density at radius 2 is 1.63 bits per heavy atom. The Hall–Kier alpha value is -2.06. The number of aryl methyl sites for hydroxylation is 1. The van der Waals surface area contributed by atoms with E-state index < -0.39 is 24.2 Å². The molecule has 1 N–H and O–H groups in total. The molecule has 0 unspecified atom stereocenters. The maximum atomic E-state index is 14.1. The van der Waals surface area contributed by atoms with Crippen LogP contribution in [0.25, 0.3) is 11.1 Å². The number of aromatic hydroxyl groups is 1. The van der Waals surface area contributed by atoms with E-state index in [-0.39, 0.29) is 11.5 Å². The number of allylic oxidation sites excluding steroid dienone is 2. The van der Waals surface area contributed by atoms with Crippen molar-refractivity contribution in [3.63, 3.8) is 0 Å². The molecule has 0 saturated heterocycles. The SMILES string of the molecule is CN(CCCCCCC1=C(c2ccc(F)c(F)c2)CCCc2cc(O)ccc21)CCCSCCC(F)(F)F. The number of unbranched alkanes of at least 4 members (excludes halogenated alkanes) is 3. The summed E-state index contributed by atoms with van der Waals surface area (Å²) < 4.78 is 64.2. The molecule has 0 spiro atoms. The maximum Gasteiger partial charge on any atom is 0.389 e. The molecule has 0 aromatic heterocycles. The van der Waals surface area contributed by atoms with Crippen molar-refractivity contribution in [1.29, 1.82) is 0 Å². The first-order valence-corrected chi connectivity index (χ1v) is 14.6. The Balaban J connectivity index is 1.49. The van der Waals surface area contributed by atoms with Crippen molar-refractivity contribution < 1.29 is 27.1 Å². The lowest BCUT2D eigenvalue weighted by molar-refractivity contribution is -0.129. The minimum absolute atomic E-state index is 0.132. The molecule has 8 heteroatoms. The zero-order chi connectivity index (χ0) is 27.5. The van der Waals surface area contributed by atoms with Gasteiger partial charge in [0.05, 0.1) is 6.42 Å². The summed E-state index contributed by atoms with van der Waals surface area (Å²) in [5.74, 6) is -0.570. The van der Waals surface area contributed by atoms with Crippen molar-refractivity contribution in [3.05, 3.63) is 64.7 Å². The molecule has 0 fully saturated rings. The van der Waals surface area contributed by atoms with Gasteiger partial charge in [0.15, 0.2) is 11.6 Å². The molecule has 2 nitrogen and oxygen atoms in total. The van der Waals surface area contributed by atoms with Crippen LogP contribution in [0.2, 0.25) is 0 Å². The number of rotatable bonds is 14. The van der Waals surface area contributed by atoms with Crippen LogP contribution in [-0.4, -0.2) is 47.8 Å². The highest BCUT2D eigenvalue weighted by Gasteiger charge is 2.26. The van der Waals surface area contributed by atoms with E-state index in [0.717, 1.165) is 104 Å². The third kappa shape index (κ3) is 9.92. The minimum atomic E-state index is -4.07. The van der Waals surface area contributed by atoms with E-state index in [2.05, 4.69) is 11.9 Å². The van der Waals surface area contributed by atoms with Gasteiger partial charge in [-0.1, -0.05) is 25.0 Å². The number of hydrogen-bond acceptors (Lipinski definition) is 3. The van der Waals surface area contributed by atoms with Crippen LogP contribution in [0.1, 0.15) is 74.5 Å². The number of hydrogen-bond donors (Lipinski definition) is 1. The predicted molar refractivity (Wildman–Crippen MR) is 147 cm³/mol. The van der Waals surface area contributed by atoms with Crippen LogP contribution < -0.4 is 0 Å². The predicted octanol–water partition coefficient (Wildman–Crippen LogP) is 8.88. The van der Waals surface area contributed by atoms with E-state index in [1.807, 2.05) is 12.1 Å². The highest BCUT2D eigenvalue weighted by atomic mass is 32.2. The maximum absolute atomic E-state index is 14.1. The molecule has 0 atom stereocenters. The summed E-state index contributed by atoms with van der Waals surface area (Å²) in [6, 6.07) is 9.59. The Morgan fingerprint density at radius 3 is 2.39 bits per heavy atom. The lowest BCUT2D eigenvalue weighted by Gasteiger charge is -2.17. The van der Waals surface area contributed by atoms with Crippen LogP contribution in [-0.2, 0) is 6.42 Å². The minimum Gasteiger partial charge on any atom is -0.508 e. The van der Waals surface area contributed by atoms with E-state index >= 15 is 0 Å². The zero-order valence-electron chi connectivity index (χ0n) is 22.1. The van der Waals surface area contributed by atoms with Crippen molar-refractivity contribution >= 4 is 22.9 Å². The van der Waals surface area contributed by atoms with Gasteiger partial charge in [0, 0.05) is 5.75 Å². The molecule has 0 saturated carbocycles. The number of nitrogens with zero attached hydrogens (tertiary/aromatic N) is 1. The molecule has 2 aromatic rings. The van der Waals surface area contributed by atoms with Crippen molar-refractivity contribution in [2.45, 2.75) is 70.4 Å². The van der Waals surface area contributed by atoms with Gasteiger partial charge in [-0.25, -0.2) is 8.78 Å². The summed E-state index contributed by atoms with van der Waals surface area (Å²) >= 11 is 1.36. The second-order valence-corrected chi connectivity index (χ2v) is 11.3. The number of alkyl halides is 3. The van der Waals surface area contributed by atoms with Crippen molar-refractivity contribution in [2.24, 2.45) is 0 Å². The van der Waals surface area contributed by atoms with E-state index in [9.17, 15) is 27.1 Å². The molecular formula is C30H38F5NOS. The van der Waals surface area contributed by atoms with Crippen molar-refractivity contribution in [2.75, 3.05) is 31.6 Å². The molecule has 2 aromatic carbocycles. The van der Waals surface area contributed by atoms with E-state index in [4.69, 9.17) is 0 Å². The average Bonchev–Trinajstić information content (AvgIpc) is 3.03. The topological polar surface area (TPSA) is 23.5 Å². The first kappa shape index (κ1) is 30.5. The molecule has 0 aliphatic heterocycles. The molecule has 3 rings (SSSR count). The fourth-order valence-electron chi connectivity index (χ4n) is 5.01. The second-order valence-electron chi connectivity index (χ2n) is 10.1. The lowest BCUT2D eigenvalue weighted by atomic mass is 9.89. The largest absolute Gasteiger partial charge is 0.508 e. The summed E-state index contributed by atoms with van der Waals surface area (Å²) in [6.45, 7) is 1.84. The van der Waals surface area contributed by atoms with Crippen LogP contribution in [0.15, 0.2) is 36.4 Å². The van der Waals surface area contributed by atoms with Crippen LogP contribution in [0.3, 0.4) is 0 Å². The molecule has 0 radical (unpaired) electrons. The van der Waals surface area contributed by atoms with Crippen LogP contribution in [0.5, 0.6) is 5.75 Å². The molecule has 38 heavy (non-hydrogen) atoms. The highest BCUT2D eigenvalue weighted by Crippen LogP contribution is 2.40. The lowest BCUT2D eigenvalue weighted by Crippen LogP contribution is -2.21. The first-order chi connectivity index (χ1) is 18.1. The van der Waals surface area contributed by atoms with Gasteiger partial charge >= 0.3 is 6.18 Å². The van der Waals surface area contributed by atoms with Gasteiger partial charge in [0.2, 0.25) is 0 Å². The summed E-state index contributed by atoms with van der Waals surface area (Å²) in [5.41, 5.74) is 5.12. The Labute approximate surface area is 227 Å². The first-order valence-electron chi connectivity index (χ1n) is 13.5. The quantitative estimate of drug-likeness (QED) is 0.186. The van der Waals surface area contributed by atoms with Gasteiger partial charge in [-0.15, -0.1) is 0 Å². The van der Waals surface area contributed by atoms with Gasteiger partial charge in [0.25, 0.3) is 0 Å². The summed E-state index contributed by atoms with van der Waals surface area (Å²) in [7, 11) is 2.05. The van der Waals surface area contributed by atoms with Crippen LogP contribution in [0, 0.1) is 11.6 Å². The standard InChI is InChI=1S/C30H38F5NOS/c1-36(17-7-18-38-19-15-30(33,34)35)16-5-3-2-4-9-27-25(23-11-14-28(31)29(32)21-23)10-6-8-22-20-24(37)12-13-26(22)27/h11-14,20-21,37H,2-10,15-19H2,1H3. The number of benzene rings is 2. The van der Waals surface area contributed by atoms with E-state index in [1.54, 1.807) is 12.1 Å². The number of phenols is 1. The zero-order valence-corrected chi connectivity index (χ0v) is 22.9. The molecule has 210 valence electrons. The van der Waals surface area contributed by atoms with Crippen molar-refractivity contribution in [1.82, 2.24) is 4.90 Å². The van der Waals surface area contributed by atoms with Gasteiger partial charge in [-0.05, 0) is 123 Å². The highest BCUT2D eigenvalue weighted by molar-refractivity contribution is 7.99. The van der Waals surface area contributed by atoms with Crippen molar-refractivity contribution in [3.8, 4) is 5.75 Å². The Bertz CT molecular complexity index is 1070. The normalized spacial score (nSPS) is 14.2. The molecule has 0 bridgehead atoms. The smallest absolute Gasteiger partial charge is 0.389 e. The summed E-state index contributed by atoms with van der Waals surface area (Å²) in [6.07, 6.45) is 3.55. The second kappa shape index (κ2) is 14.9. The number of thioether (sulfide) groups is 1. The molecular weight excluding hydrogens is 517 g/mol. The summed E-state index contributed by atoms with van der Waals surface area (Å²) in [5, 5.41) is 10.0. The van der Waals surface area contributed by atoms with Gasteiger partial charge in [0.1, 0.15) is 5.75 Å². The number of phenolic OH excluding ortho intramolecular Hbond substituents is 1. The Kier molecular flexibility index (Phi) is 12.0.